The molecule has 0 atom stereocenters. The molecule has 4 aromatic carbocycles. The third-order valence-electron chi connectivity index (χ3n) is 6.61. The number of aromatic nitrogens is 1. The van der Waals surface area contributed by atoms with Gasteiger partial charge in [-0.2, -0.15) is 0 Å². The molecular weight excluding hydrogens is 430 g/mol. The van der Waals surface area contributed by atoms with Crippen molar-refractivity contribution in [1.29, 1.82) is 0 Å². The predicted molar refractivity (Wildman–Crippen MR) is 145 cm³/mol. The first-order chi connectivity index (χ1) is 19.1. The van der Waals surface area contributed by atoms with E-state index in [4.69, 9.17) is 15.7 Å². The number of para-hydroxylation sites is 1. The standard InChI is InChI=1S/C32H25NO2/c1-18(2)15-21-16-26(33-17-19(21)3)23-9-6-10-24-29-27(35-32(23)24)13-14-28-30(29)25-12-11-20-7-4-5-8-22(20)31(25)34-28/h4-14,16-18H,15H2,1-3H3/i3D3,15D2. The van der Waals surface area contributed by atoms with Gasteiger partial charge < -0.3 is 8.83 Å². The summed E-state index contributed by atoms with van der Waals surface area (Å²) in [6, 6.07) is 23.5. The highest BCUT2D eigenvalue weighted by molar-refractivity contribution is 6.28. The van der Waals surface area contributed by atoms with E-state index in [9.17, 15) is 0 Å². The van der Waals surface area contributed by atoms with Crippen molar-refractivity contribution < 1.29 is 15.7 Å². The van der Waals surface area contributed by atoms with E-state index in [1.165, 1.54) is 6.20 Å². The van der Waals surface area contributed by atoms with Gasteiger partial charge in [0.05, 0.1) is 5.69 Å². The number of rotatable bonds is 3. The van der Waals surface area contributed by atoms with E-state index in [0.717, 1.165) is 43.5 Å². The summed E-state index contributed by atoms with van der Waals surface area (Å²) in [4.78, 5) is 4.50. The molecule has 0 aliphatic rings. The lowest BCUT2D eigenvalue weighted by Crippen LogP contribution is -1.99. The maximum Gasteiger partial charge on any atom is 0.144 e. The smallest absolute Gasteiger partial charge is 0.144 e. The van der Waals surface area contributed by atoms with Crippen LogP contribution in [0.25, 0.3) is 65.9 Å². The molecule has 0 spiro atoms. The molecule has 3 nitrogen and oxygen atoms in total. The minimum Gasteiger partial charge on any atom is -0.455 e. The molecule has 0 N–H and O–H groups in total. The summed E-state index contributed by atoms with van der Waals surface area (Å²) in [7, 11) is 0. The van der Waals surface area contributed by atoms with E-state index in [-0.39, 0.29) is 11.1 Å². The summed E-state index contributed by atoms with van der Waals surface area (Å²) in [6.07, 6.45) is -0.583. The Morgan fingerprint density at radius 1 is 0.829 bits per heavy atom. The zero-order valence-corrected chi connectivity index (χ0v) is 19.3. The fourth-order valence-electron chi connectivity index (χ4n) is 5.12. The van der Waals surface area contributed by atoms with Gasteiger partial charge in [-0.1, -0.05) is 56.3 Å². The Bertz CT molecular complexity index is 2120. The molecule has 3 aromatic heterocycles. The topological polar surface area (TPSA) is 39.2 Å². The maximum atomic E-state index is 8.71. The second-order valence-electron chi connectivity index (χ2n) is 9.28. The molecular formula is C32H25NO2. The molecule has 0 bridgehead atoms. The van der Waals surface area contributed by atoms with E-state index in [0.29, 0.717) is 22.4 Å². The Morgan fingerprint density at radius 3 is 2.37 bits per heavy atom. The average molecular weight is 461 g/mol. The summed E-state index contributed by atoms with van der Waals surface area (Å²) in [5, 5.41) is 5.93. The van der Waals surface area contributed by atoms with Crippen LogP contribution in [-0.2, 0) is 6.37 Å². The van der Waals surface area contributed by atoms with Crippen molar-refractivity contribution in [1.82, 2.24) is 4.98 Å². The molecule has 7 rings (SSSR count). The minimum atomic E-state index is -2.49. The predicted octanol–water partition coefficient (Wildman–Crippen LogP) is 9.21. The van der Waals surface area contributed by atoms with Gasteiger partial charge >= 0.3 is 0 Å². The second kappa shape index (κ2) is 7.44. The van der Waals surface area contributed by atoms with Gasteiger partial charge in [0.1, 0.15) is 22.3 Å². The van der Waals surface area contributed by atoms with E-state index in [1.807, 2.05) is 42.5 Å². The molecule has 0 saturated heterocycles. The summed E-state index contributed by atoms with van der Waals surface area (Å²) >= 11 is 0. The zero-order valence-electron chi connectivity index (χ0n) is 24.3. The van der Waals surface area contributed by atoms with Crippen LogP contribution in [0.3, 0.4) is 0 Å². The maximum absolute atomic E-state index is 8.71. The molecule has 3 heteroatoms. The number of benzene rings is 4. The Labute approximate surface area is 210 Å². The van der Waals surface area contributed by atoms with E-state index >= 15 is 0 Å². The highest BCUT2D eigenvalue weighted by atomic mass is 16.3. The highest BCUT2D eigenvalue weighted by Crippen LogP contribution is 2.43. The van der Waals surface area contributed by atoms with Crippen LogP contribution < -0.4 is 0 Å². The summed E-state index contributed by atoms with van der Waals surface area (Å²) in [5.74, 6) is -0.440. The molecule has 0 unspecified atom stereocenters. The number of aryl methyl sites for hydroxylation is 1. The SMILES string of the molecule is [2H]C([2H])([2H])c1cnc(-c2cccc3c2oc2ccc4oc5c6ccccc6ccc5c4c23)cc1C([2H])([2H])C(C)C. The van der Waals surface area contributed by atoms with Crippen LogP contribution in [0.2, 0.25) is 0 Å². The summed E-state index contributed by atoms with van der Waals surface area (Å²) in [6.45, 7) is 0.993. The second-order valence-corrected chi connectivity index (χ2v) is 9.28. The van der Waals surface area contributed by atoms with Crippen LogP contribution in [0.5, 0.6) is 0 Å². The first kappa shape index (κ1) is 15.7. The van der Waals surface area contributed by atoms with Crippen LogP contribution >= 0.6 is 0 Å². The Balaban J connectivity index is 1.52. The first-order valence-electron chi connectivity index (χ1n) is 14.3. The minimum absolute atomic E-state index is 0.0782. The molecule has 170 valence electrons. The zero-order chi connectivity index (χ0) is 28.0. The summed E-state index contributed by atoms with van der Waals surface area (Å²) in [5.41, 5.74) is 4.05. The van der Waals surface area contributed by atoms with Crippen molar-refractivity contribution in [2.45, 2.75) is 27.1 Å². The Kier molecular flexibility index (Phi) is 3.34. The van der Waals surface area contributed by atoms with Gasteiger partial charge in [0.15, 0.2) is 0 Å². The largest absolute Gasteiger partial charge is 0.455 e. The quantitative estimate of drug-likeness (QED) is 0.264. The monoisotopic (exact) mass is 460 g/mol. The number of pyridine rings is 1. The normalized spacial score (nSPS) is 15.1. The molecule has 35 heavy (non-hydrogen) atoms. The number of fused-ring (bicyclic) bond motifs is 9. The lowest BCUT2D eigenvalue weighted by Gasteiger charge is -2.10. The molecule has 0 aliphatic heterocycles. The fourth-order valence-corrected chi connectivity index (χ4v) is 5.12. The number of nitrogens with zero attached hydrogens (tertiary/aromatic N) is 1. The molecule has 0 saturated carbocycles. The van der Waals surface area contributed by atoms with Crippen molar-refractivity contribution in [2.75, 3.05) is 0 Å². The van der Waals surface area contributed by atoms with E-state index < -0.39 is 19.1 Å². The molecule has 0 radical (unpaired) electrons. The van der Waals surface area contributed by atoms with Crippen molar-refractivity contribution in [2.24, 2.45) is 5.92 Å². The lowest BCUT2D eigenvalue weighted by molar-refractivity contribution is 0.644. The van der Waals surface area contributed by atoms with Gasteiger partial charge in [0.25, 0.3) is 0 Å². The average Bonchev–Trinajstić information content (AvgIpc) is 3.50. The molecule has 0 fully saturated rings. The van der Waals surface area contributed by atoms with Crippen LogP contribution in [0.4, 0.5) is 0 Å². The molecule has 7 aromatic rings. The molecule has 0 amide bonds. The van der Waals surface area contributed by atoms with Gasteiger partial charge in [0, 0.05) is 45.5 Å². The Morgan fingerprint density at radius 2 is 1.57 bits per heavy atom. The third kappa shape index (κ3) is 3.01. The lowest BCUT2D eigenvalue weighted by atomic mass is 9.97. The van der Waals surface area contributed by atoms with Crippen LogP contribution in [0, 0.1) is 12.8 Å². The summed E-state index contributed by atoms with van der Waals surface area (Å²) < 4.78 is 54.2. The number of hydrogen-bond donors (Lipinski definition) is 0. The number of hydrogen-bond acceptors (Lipinski definition) is 3. The van der Waals surface area contributed by atoms with Gasteiger partial charge in [-0.25, -0.2) is 0 Å². The number of furan rings is 2. The van der Waals surface area contributed by atoms with Crippen LogP contribution in [0.1, 0.15) is 31.8 Å². The van der Waals surface area contributed by atoms with Crippen LogP contribution in [-0.4, -0.2) is 4.98 Å². The highest BCUT2D eigenvalue weighted by Gasteiger charge is 2.20. The molecule has 3 heterocycles. The van der Waals surface area contributed by atoms with Crippen molar-refractivity contribution >= 4 is 54.6 Å². The van der Waals surface area contributed by atoms with Crippen molar-refractivity contribution in [3.8, 4) is 11.3 Å². The van der Waals surface area contributed by atoms with Crippen LogP contribution in [0.15, 0.2) is 87.8 Å². The van der Waals surface area contributed by atoms with Crippen molar-refractivity contribution in [3.63, 3.8) is 0 Å². The van der Waals surface area contributed by atoms with Gasteiger partial charge in [-0.15, -0.1) is 0 Å². The first-order valence-corrected chi connectivity index (χ1v) is 11.8. The van der Waals surface area contributed by atoms with Gasteiger partial charge in [-0.05, 0) is 66.0 Å². The van der Waals surface area contributed by atoms with E-state index in [2.05, 4.69) is 29.2 Å². The van der Waals surface area contributed by atoms with Gasteiger partial charge in [-0.3, -0.25) is 4.98 Å². The van der Waals surface area contributed by atoms with E-state index in [1.54, 1.807) is 19.9 Å². The third-order valence-corrected chi connectivity index (χ3v) is 6.61. The van der Waals surface area contributed by atoms with Crippen molar-refractivity contribution in [3.05, 3.63) is 90.1 Å². The molecule has 0 aliphatic carbocycles. The Hall–Kier alpha value is -4.11. The fraction of sp³-hybridized carbons (Fsp3) is 0.156. The van der Waals surface area contributed by atoms with Gasteiger partial charge in [0.2, 0.25) is 0 Å².